The van der Waals surface area contributed by atoms with Crippen LogP contribution >= 0.6 is 0 Å². The number of aromatic amines is 1. The van der Waals surface area contributed by atoms with Gasteiger partial charge < -0.3 is 9.80 Å². The zero-order chi connectivity index (χ0) is 19.1. The standard InChI is InChI=1S/C21H28N6O/c1-26-11-9-16-14(13-26)12-22-20(23-16)18-8-5-10-27(18)21(28)19-15-6-3-2-4-7-17(15)24-25-19/h12,18H,2-11,13H2,1H3,(H,24,25)/t18-/m0/s1. The fourth-order valence-electron chi connectivity index (χ4n) is 4.88. The zero-order valence-electron chi connectivity index (χ0n) is 16.6. The maximum atomic E-state index is 13.4. The molecule has 0 unspecified atom stereocenters. The van der Waals surface area contributed by atoms with Crippen molar-refractivity contribution >= 4 is 5.91 Å². The van der Waals surface area contributed by atoms with E-state index in [1.54, 1.807) is 0 Å². The van der Waals surface area contributed by atoms with Gasteiger partial charge in [0.05, 0.1) is 6.04 Å². The molecule has 0 spiro atoms. The van der Waals surface area contributed by atoms with E-state index < -0.39 is 0 Å². The molecule has 7 nitrogen and oxygen atoms in total. The smallest absolute Gasteiger partial charge is 0.275 e. The number of carbonyl (C=O) groups is 1. The number of aryl methyl sites for hydroxylation is 1. The molecule has 0 aromatic carbocycles. The van der Waals surface area contributed by atoms with Crippen molar-refractivity contribution < 1.29 is 4.79 Å². The van der Waals surface area contributed by atoms with Gasteiger partial charge in [0.15, 0.2) is 11.5 Å². The zero-order valence-corrected chi connectivity index (χ0v) is 16.6. The maximum absolute atomic E-state index is 13.4. The van der Waals surface area contributed by atoms with Gasteiger partial charge in [-0.1, -0.05) is 6.42 Å². The Hall–Kier alpha value is -2.28. The fourth-order valence-corrected chi connectivity index (χ4v) is 4.88. The number of H-pyrrole nitrogens is 1. The number of likely N-dealkylation sites (tertiary alicyclic amines) is 1. The van der Waals surface area contributed by atoms with Gasteiger partial charge in [-0.2, -0.15) is 5.10 Å². The molecule has 4 heterocycles. The molecular weight excluding hydrogens is 352 g/mol. The normalized spacial score (nSPS) is 22.6. The molecule has 1 atom stereocenters. The first kappa shape index (κ1) is 17.8. The predicted molar refractivity (Wildman–Crippen MR) is 105 cm³/mol. The van der Waals surface area contributed by atoms with Crippen LogP contribution in [0.3, 0.4) is 0 Å². The molecule has 7 heteroatoms. The summed E-state index contributed by atoms with van der Waals surface area (Å²) >= 11 is 0. The van der Waals surface area contributed by atoms with E-state index in [9.17, 15) is 4.79 Å². The number of aromatic nitrogens is 4. The highest BCUT2D eigenvalue weighted by molar-refractivity contribution is 5.94. The Morgan fingerprint density at radius 2 is 2.04 bits per heavy atom. The second-order valence-electron chi connectivity index (χ2n) is 8.43. The number of nitrogens with zero attached hydrogens (tertiary/aromatic N) is 5. The van der Waals surface area contributed by atoms with Crippen LogP contribution in [0.15, 0.2) is 6.20 Å². The van der Waals surface area contributed by atoms with E-state index in [1.165, 1.54) is 18.4 Å². The van der Waals surface area contributed by atoms with Gasteiger partial charge >= 0.3 is 0 Å². The molecule has 0 saturated carbocycles. The van der Waals surface area contributed by atoms with E-state index in [0.29, 0.717) is 5.69 Å². The van der Waals surface area contributed by atoms with E-state index in [0.717, 1.165) is 80.9 Å². The lowest BCUT2D eigenvalue weighted by atomic mass is 10.1. The van der Waals surface area contributed by atoms with E-state index in [4.69, 9.17) is 4.98 Å². The monoisotopic (exact) mass is 380 g/mol. The number of hydrogen-bond acceptors (Lipinski definition) is 5. The quantitative estimate of drug-likeness (QED) is 0.810. The summed E-state index contributed by atoms with van der Waals surface area (Å²) in [7, 11) is 2.13. The average Bonchev–Trinajstić information content (AvgIpc) is 3.29. The van der Waals surface area contributed by atoms with Crippen molar-refractivity contribution in [2.24, 2.45) is 0 Å². The molecule has 1 saturated heterocycles. The number of likely N-dealkylation sites (N-methyl/N-ethyl adjacent to an activating group) is 1. The van der Waals surface area contributed by atoms with E-state index in [2.05, 4.69) is 27.1 Å². The van der Waals surface area contributed by atoms with Crippen LogP contribution in [-0.4, -0.2) is 56.0 Å². The molecule has 2 aromatic rings. The van der Waals surface area contributed by atoms with Gasteiger partial charge in [-0.3, -0.25) is 9.89 Å². The Labute approximate surface area is 165 Å². The highest BCUT2D eigenvalue weighted by Gasteiger charge is 2.35. The van der Waals surface area contributed by atoms with Crippen molar-refractivity contribution in [3.8, 4) is 0 Å². The Morgan fingerprint density at radius 1 is 1.14 bits per heavy atom. The van der Waals surface area contributed by atoms with Gasteiger partial charge in [0.1, 0.15) is 0 Å². The van der Waals surface area contributed by atoms with Crippen LogP contribution in [0.25, 0.3) is 0 Å². The summed E-state index contributed by atoms with van der Waals surface area (Å²) in [5.41, 5.74) is 5.29. The summed E-state index contributed by atoms with van der Waals surface area (Å²) in [5, 5.41) is 7.56. The van der Waals surface area contributed by atoms with Crippen molar-refractivity contribution in [3.63, 3.8) is 0 Å². The molecule has 1 aliphatic carbocycles. The largest absolute Gasteiger partial charge is 0.327 e. The Morgan fingerprint density at radius 3 is 2.96 bits per heavy atom. The molecule has 1 fully saturated rings. The summed E-state index contributed by atoms with van der Waals surface area (Å²) in [5.74, 6) is 0.846. The molecule has 0 bridgehead atoms. The summed E-state index contributed by atoms with van der Waals surface area (Å²) in [6.07, 6.45) is 10.3. The van der Waals surface area contributed by atoms with Crippen molar-refractivity contribution in [2.75, 3.05) is 20.1 Å². The minimum atomic E-state index is -0.0319. The lowest BCUT2D eigenvalue weighted by Gasteiger charge is -2.27. The molecule has 1 N–H and O–H groups in total. The number of nitrogens with one attached hydrogen (secondary N) is 1. The van der Waals surface area contributed by atoms with Crippen molar-refractivity contribution in [1.82, 2.24) is 30.0 Å². The average molecular weight is 380 g/mol. The summed E-state index contributed by atoms with van der Waals surface area (Å²) in [6, 6.07) is -0.0319. The minimum absolute atomic E-state index is 0.0319. The number of hydrogen-bond donors (Lipinski definition) is 1. The third-order valence-corrected chi connectivity index (χ3v) is 6.46. The van der Waals surface area contributed by atoms with Crippen LogP contribution in [0.1, 0.15) is 77.0 Å². The number of carbonyl (C=O) groups excluding carboxylic acids is 1. The summed E-state index contributed by atoms with van der Waals surface area (Å²) in [6.45, 7) is 2.69. The summed E-state index contributed by atoms with van der Waals surface area (Å²) < 4.78 is 0. The van der Waals surface area contributed by atoms with Crippen molar-refractivity contribution in [1.29, 1.82) is 0 Å². The Balaban J connectivity index is 1.42. The first-order valence-corrected chi connectivity index (χ1v) is 10.6. The van der Waals surface area contributed by atoms with Crippen LogP contribution in [0, 0.1) is 0 Å². The lowest BCUT2D eigenvalue weighted by molar-refractivity contribution is 0.0722. The molecule has 28 heavy (non-hydrogen) atoms. The molecule has 5 rings (SSSR count). The van der Waals surface area contributed by atoms with Gasteiger partial charge in [0.2, 0.25) is 0 Å². The maximum Gasteiger partial charge on any atom is 0.275 e. The highest BCUT2D eigenvalue weighted by Crippen LogP contribution is 2.33. The van der Waals surface area contributed by atoms with Gasteiger partial charge in [-0.15, -0.1) is 0 Å². The number of fused-ring (bicyclic) bond motifs is 2. The van der Waals surface area contributed by atoms with Gasteiger partial charge in [-0.25, -0.2) is 9.97 Å². The second kappa shape index (κ2) is 7.28. The third-order valence-electron chi connectivity index (χ3n) is 6.46. The third kappa shape index (κ3) is 3.11. The first-order valence-electron chi connectivity index (χ1n) is 10.6. The lowest BCUT2D eigenvalue weighted by Crippen LogP contribution is -2.33. The molecular formula is C21H28N6O. The van der Waals surface area contributed by atoms with Gasteiger partial charge in [-0.05, 0) is 45.6 Å². The van der Waals surface area contributed by atoms with Crippen LogP contribution in [0.5, 0.6) is 0 Å². The van der Waals surface area contributed by atoms with Crippen LogP contribution < -0.4 is 0 Å². The molecule has 2 aliphatic heterocycles. The molecule has 2 aromatic heterocycles. The van der Waals surface area contributed by atoms with Crippen LogP contribution in [0.2, 0.25) is 0 Å². The predicted octanol–water partition coefficient (Wildman–Crippen LogP) is 2.43. The minimum Gasteiger partial charge on any atom is -0.327 e. The molecule has 0 radical (unpaired) electrons. The Kier molecular flexibility index (Phi) is 4.62. The van der Waals surface area contributed by atoms with Crippen molar-refractivity contribution in [2.45, 2.75) is 64.0 Å². The SMILES string of the molecule is CN1CCc2nc([C@@H]3CCCN3C(=O)c3n[nH]c4c3CCCCC4)ncc2C1. The van der Waals surface area contributed by atoms with Gasteiger partial charge in [0.25, 0.3) is 5.91 Å². The Bertz CT molecular complexity index is 891. The highest BCUT2D eigenvalue weighted by atomic mass is 16.2. The molecule has 1 amide bonds. The first-order chi connectivity index (χ1) is 13.7. The number of rotatable bonds is 2. The van der Waals surface area contributed by atoms with Crippen LogP contribution in [-0.2, 0) is 25.8 Å². The molecule has 3 aliphatic rings. The summed E-state index contributed by atoms with van der Waals surface area (Å²) in [4.78, 5) is 27.2. The van der Waals surface area contributed by atoms with Gasteiger partial charge in [0, 0.05) is 54.8 Å². The van der Waals surface area contributed by atoms with E-state index in [-0.39, 0.29) is 11.9 Å². The topological polar surface area (TPSA) is 78.0 Å². The van der Waals surface area contributed by atoms with Crippen molar-refractivity contribution in [3.05, 3.63) is 40.2 Å². The molecule has 148 valence electrons. The number of amides is 1. The fraction of sp³-hybridized carbons (Fsp3) is 0.619. The second-order valence-corrected chi connectivity index (χ2v) is 8.43. The van der Waals surface area contributed by atoms with E-state index >= 15 is 0 Å². The van der Waals surface area contributed by atoms with E-state index in [1.807, 2.05) is 11.1 Å². The van der Waals surface area contributed by atoms with Crippen LogP contribution in [0.4, 0.5) is 0 Å².